The van der Waals surface area contributed by atoms with Gasteiger partial charge < -0.3 is 15.1 Å². The number of amides is 2. The summed E-state index contributed by atoms with van der Waals surface area (Å²) >= 11 is 1.53. The molecule has 1 aromatic carbocycles. The van der Waals surface area contributed by atoms with Gasteiger partial charge >= 0.3 is 0 Å². The predicted molar refractivity (Wildman–Crippen MR) is 103 cm³/mol. The van der Waals surface area contributed by atoms with Gasteiger partial charge in [-0.25, -0.2) is 0 Å². The van der Waals surface area contributed by atoms with Crippen LogP contribution in [0.25, 0.3) is 10.1 Å². The number of anilines is 1. The van der Waals surface area contributed by atoms with Crippen LogP contribution in [0.2, 0.25) is 0 Å². The van der Waals surface area contributed by atoms with Crippen molar-refractivity contribution >= 4 is 39.3 Å². The van der Waals surface area contributed by atoms with E-state index in [1.807, 2.05) is 17.0 Å². The second kappa shape index (κ2) is 7.07. The number of carbonyl (C=O) groups is 2. The molecule has 0 spiro atoms. The molecule has 0 unspecified atom stereocenters. The molecule has 0 radical (unpaired) electrons. The summed E-state index contributed by atoms with van der Waals surface area (Å²) in [6, 6.07) is 8.38. The van der Waals surface area contributed by atoms with Crippen molar-refractivity contribution < 1.29 is 9.59 Å². The number of fused-ring (bicyclic) bond motifs is 1. The van der Waals surface area contributed by atoms with Crippen LogP contribution < -0.4 is 10.2 Å². The molecule has 26 heavy (non-hydrogen) atoms. The number of piperazine rings is 1. The molecule has 0 bridgehead atoms. The number of rotatable bonds is 4. The molecule has 2 heterocycles. The molecule has 2 fully saturated rings. The van der Waals surface area contributed by atoms with Crippen molar-refractivity contribution in [2.24, 2.45) is 5.92 Å². The molecule has 2 aliphatic rings. The van der Waals surface area contributed by atoms with Crippen LogP contribution in [0.5, 0.6) is 0 Å². The molecule has 136 valence electrons. The fourth-order valence-electron chi connectivity index (χ4n) is 3.69. The van der Waals surface area contributed by atoms with Crippen molar-refractivity contribution in [3.05, 3.63) is 36.9 Å². The lowest BCUT2D eigenvalue weighted by atomic mass is 9.79. The van der Waals surface area contributed by atoms with E-state index in [2.05, 4.69) is 33.3 Å². The van der Waals surface area contributed by atoms with Crippen LogP contribution in [0.3, 0.4) is 0 Å². The minimum Gasteiger partial charge on any atom is -0.352 e. The largest absolute Gasteiger partial charge is 0.352 e. The van der Waals surface area contributed by atoms with Crippen molar-refractivity contribution in [2.45, 2.75) is 18.9 Å². The van der Waals surface area contributed by atoms with Crippen LogP contribution in [0.15, 0.2) is 36.9 Å². The van der Waals surface area contributed by atoms with E-state index in [9.17, 15) is 9.59 Å². The van der Waals surface area contributed by atoms with E-state index in [0.717, 1.165) is 44.8 Å². The number of benzene rings is 1. The van der Waals surface area contributed by atoms with Crippen molar-refractivity contribution in [2.75, 3.05) is 31.1 Å². The first-order valence-corrected chi connectivity index (χ1v) is 9.74. The van der Waals surface area contributed by atoms with E-state index in [0.29, 0.717) is 0 Å². The van der Waals surface area contributed by atoms with Gasteiger partial charge in [0.05, 0.1) is 4.70 Å². The number of carbonyl (C=O) groups excluding carboxylic acids is 2. The fourth-order valence-corrected chi connectivity index (χ4v) is 4.49. The number of aromatic nitrogens is 1. The molecule has 0 atom stereocenters. The third kappa shape index (κ3) is 3.19. The summed E-state index contributed by atoms with van der Waals surface area (Å²) < 4.78 is 5.81. The molecule has 2 amide bonds. The lowest BCUT2D eigenvalue weighted by Gasteiger charge is -2.41. The Labute approximate surface area is 156 Å². The predicted octanol–water partition coefficient (Wildman–Crippen LogP) is 2.03. The topological polar surface area (TPSA) is 65.5 Å². The van der Waals surface area contributed by atoms with Crippen LogP contribution >= 0.6 is 11.5 Å². The Morgan fingerprint density at radius 2 is 1.92 bits per heavy atom. The first-order chi connectivity index (χ1) is 12.7. The molecule has 1 N–H and O–H groups in total. The first kappa shape index (κ1) is 17.0. The Bertz CT molecular complexity index is 835. The highest BCUT2D eigenvalue weighted by Crippen LogP contribution is 2.32. The van der Waals surface area contributed by atoms with Crippen molar-refractivity contribution in [1.29, 1.82) is 0 Å². The molecule has 1 aliphatic carbocycles. The normalized spacial score (nSPS) is 22.8. The van der Waals surface area contributed by atoms with Crippen LogP contribution in [-0.4, -0.2) is 53.3 Å². The van der Waals surface area contributed by atoms with Gasteiger partial charge in [0, 0.05) is 43.5 Å². The van der Waals surface area contributed by atoms with Gasteiger partial charge in [-0.3, -0.25) is 9.59 Å². The highest BCUT2D eigenvalue weighted by atomic mass is 32.1. The summed E-state index contributed by atoms with van der Waals surface area (Å²) in [6.07, 6.45) is 2.74. The molecular weight excluding hydrogens is 348 g/mol. The van der Waals surface area contributed by atoms with E-state index < -0.39 is 0 Å². The second-order valence-electron chi connectivity index (χ2n) is 6.89. The first-order valence-electron chi connectivity index (χ1n) is 8.97. The fraction of sp³-hybridized carbons (Fsp3) is 0.421. The van der Waals surface area contributed by atoms with Crippen molar-refractivity contribution in [3.8, 4) is 0 Å². The van der Waals surface area contributed by atoms with Crippen LogP contribution in [0.1, 0.15) is 12.8 Å². The highest BCUT2D eigenvalue weighted by molar-refractivity contribution is 7.13. The lowest BCUT2D eigenvalue weighted by molar-refractivity contribution is -0.140. The smallest absolute Gasteiger partial charge is 0.243 e. The molecule has 4 rings (SSSR count). The third-order valence-corrected chi connectivity index (χ3v) is 6.09. The summed E-state index contributed by atoms with van der Waals surface area (Å²) in [5, 5.41) is 4.05. The molecular formula is C19H22N4O2S. The van der Waals surface area contributed by atoms with Gasteiger partial charge in [0.15, 0.2) is 0 Å². The maximum absolute atomic E-state index is 12.6. The van der Waals surface area contributed by atoms with Crippen LogP contribution in [0.4, 0.5) is 5.82 Å². The lowest BCUT2D eigenvalue weighted by Crippen LogP contribution is -2.54. The standard InChI is InChI=1S/C19H22N4O2S/c1-2-17(24)20-14-11-13(12-14)19(25)23-9-7-22(8-10-23)18-15-5-3-4-6-16(15)26-21-18/h2-6,13-14H,1,7-12H2,(H,20,24). The summed E-state index contributed by atoms with van der Waals surface area (Å²) in [7, 11) is 0. The van der Waals surface area contributed by atoms with Crippen LogP contribution in [-0.2, 0) is 9.59 Å². The third-order valence-electron chi connectivity index (χ3n) is 5.27. The summed E-state index contributed by atoms with van der Waals surface area (Å²) in [4.78, 5) is 28.2. The molecule has 2 aromatic rings. The Morgan fingerprint density at radius 3 is 2.65 bits per heavy atom. The molecule has 1 saturated heterocycles. The maximum Gasteiger partial charge on any atom is 0.243 e. The van der Waals surface area contributed by atoms with Crippen molar-refractivity contribution in [1.82, 2.24) is 14.6 Å². The molecule has 6 nitrogen and oxygen atoms in total. The van der Waals surface area contributed by atoms with Gasteiger partial charge in [-0.1, -0.05) is 18.7 Å². The van der Waals surface area contributed by atoms with Gasteiger partial charge in [-0.05, 0) is 42.6 Å². The average Bonchev–Trinajstić information content (AvgIpc) is 3.08. The average molecular weight is 370 g/mol. The summed E-state index contributed by atoms with van der Waals surface area (Å²) in [5.74, 6) is 1.13. The zero-order valence-corrected chi connectivity index (χ0v) is 15.4. The quantitative estimate of drug-likeness (QED) is 0.837. The monoisotopic (exact) mass is 370 g/mol. The van der Waals surface area contributed by atoms with Gasteiger partial charge in [-0.15, -0.1) is 0 Å². The SMILES string of the molecule is C=CC(=O)NC1CC(C(=O)N2CCN(c3nsc4ccccc34)CC2)C1. The number of nitrogens with one attached hydrogen (secondary N) is 1. The van der Waals surface area contributed by atoms with E-state index in [1.54, 1.807) is 0 Å². The molecule has 1 saturated carbocycles. The van der Waals surface area contributed by atoms with Gasteiger partial charge in [0.1, 0.15) is 5.82 Å². The van der Waals surface area contributed by atoms with E-state index in [4.69, 9.17) is 0 Å². The summed E-state index contributed by atoms with van der Waals surface area (Å²) in [6.45, 7) is 6.52. The number of nitrogens with zero attached hydrogens (tertiary/aromatic N) is 3. The number of hydrogen-bond acceptors (Lipinski definition) is 5. The number of hydrogen-bond donors (Lipinski definition) is 1. The Morgan fingerprint density at radius 1 is 1.19 bits per heavy atom. The highest BCUT2D eigenvalue weighted by Gasteiger charge is 2.38. The second-order valence-corrected chi connectivity index (χ2v) is 7.70. The summed E-state index contributed by atoms with van der Waals surface area (Å²) in [5.41, 5.74) is 0. The molecule has 1 aliphatic heterocycles. The van der Waals surface area contributed by atoms with Gasteiger partial charge in [0.2, 0.25) is 11.8 Å². The minimum absolute atomic E-state index is 0.0387. The van der Waals surface area contributed by atoms with Crippen LogP contribution in [0, 0.1) is 5.92 Å². The minimum atomic E-state index is -0.162. The van der Waals surface area contributed by atoms with Crippen molar-refractivity contribution in [3.63, 3.8) is 0 Å². The van der Waals surface area contributed by atoms with E-state index in [-0.39, 0.29) is 23.8 Å². The van der Waals surface area contributed by atoms with Gasteiger partial charge in [-0.2, -0.15) is 4.37 Å². The maximum atomic E-state index is 12.6. The Kier molecular flexibility index (Phi) is 4.63. The Hall–Kier alpha value is -2.41. The Balaban J connectivity index is 1.31. The zero-order valence-electron chi connectivity index (χ0n) is 14.6. The molecule has 7 heteroatoms. The zero-order chi connectivity index (χ0) is 18.1. The van der Waals surface area contributed by atoms with Gasteiger partial charge in [0.25, 0.3) is 0 Å². The molecule has 1 aromatic heterocycles. The van der Waals surface area contributed by atoms with E-state index in [1.165, 1.54) is 27.7 Å². The van der Waals surface area contributed by atoms with E-state index >= 15 is 0 Å².